The van der Waals surface area contributed by atoms with Crippen LogP contribution < -0.4 is 5.32 Å². The van der Waals surface area contributed by atoms with Gasteiger partial charge in [0, 0.05) is 4.47 Å². The highest BCUT2D eigenvalue weighted by Crippen LogP contribution is 2.11. The number of nitrogens with one attached hydrogen (secondary N) is 1. The monoisotopic (exact) mass is 308 g/mol. The fourth-order valence-corrected chi connectivity index (χ4v) is 1.91. The summed E-state index contributed by atoms with van der Waals surface area (Å²) in [5, 5.41) is 11.7. The maximum Gasteiger partial charge on any atom is 0.225 e. The number of carbonyl (C=O) groups excluding carboxylic acids is 1. The van der Waals surface area contributed by atoms with Crippen molar-refractivity contribution in [3.05, 3.63) is 34.3 Å². The minimum atomic E-state index is -0.395. The van der Waals surface area contributed by atoms with Crippen molar-refractivity contribution in [1.82, 2.24) is 5.32 Å². The lowest BCUT2D eigenvalue weighted by molar-refractivity contribution is -0.120. The lowest BCUT2D eigenvalue weighted by Gasteiger charge is -2.13. The Balaban J connectivity index is 2.50. The molecule has 0 aliphatic rings. The summed E-state index contributed by atoms with van der Waals surface area (Å²) >= 11 is 3.35. The molecule has 1 amide bonds. The van der Waals surface area contributed by atoms with Gasteiger partial charge in [-0.05, 0) is 30.0 Å². The highest BCUT2D eigenvalue weighted by Gasteiger charge is 2.13. The highest BCUT2D eigenvalue weighted by molar-refractivity contribution is 9.10. The van der Waals surface area contributed by atoms with Crippen molar-refractivity contribution in [1.29, 1.82) is 5.26 Å². The molecule has 0 bridgehead atoms. The molecule has 4 heteroatoms. The van der Waals surface area contributed by atoms with Gasteiger partial charge in [-0.1, -0.05) is 41.9 Å². The van der Waals surface area contributed by atoms with Crippen LogP contribution in [-0.2, 0) is 11.2 Å². The highest BCUT2D eigenvalue weighted by atomic mass is 79.9. The van der Waals surface area contributed by atoms with Crippen LogP contribution in [0.3, 0.4) is 0 Å². The summed E-state index contributed by atoms with van der Waals surface area (Å²) in [4.78, 5) is 11.8. The molecule has 0 aliphatic heterocycles. The van der Waals surface area contributed by atoms with E-state index in [9.17, 15) is 4.79 Å². The zero-order valence-corrected chi connectivity index (χ0v) is 12.2. The van der Waals surface area contributed by atoms with Crippen LogP contribution in [0.5, 0.6) is 0 Å². The predicted octanol–water partition coefficient (Wildman–Crippen LogP) is 3.05. The minimum absolute atomic E-state index is 0.107. The second-order valence-corrected chi connectivity index (χ2v) is 5.60. The van der Waals surface area contributed by atoms with E-state index in [1.54, 1.807) is 0 Å². The molecule has 1 rings (SSSR count). The van der Waals surface area contributed by atoms with Crippen molar-refractivity contribution in [2.45, 2.75) is 32.7 Å². The molecule has 1 N–H and O–H groups in total. The first-order valence-corrected chi connectivity index (χ1v) is 6.74. The average molecular weight is 309 g/mol. The summed E-state index contributed by atoms with van der Waals surface area (Å²) in [6, 6.07) is 9.32. The van der Waals surface area contributed by atoms with Gasteiger partial charge in [0.2, 0.25) is 5.91 Å². The van der Waals surface area contributed by atoms with Gasteiger partial charge in [-0.15, -0.1) is 0 Å². The molecular weight excluding hydrogens is 292 g/mol. The maximum atomic E-state index is 11.8. The first-order chi connectivity index (χ1) is 8.51. The van der Waals surface area contributed by atoms with Gasteiger partial charge in [0.25, 0.3) is 0 Å². The molecule has 0 spiro atoms. The van der Waals surface area contributed by atoms with Crippen LogP contribution >= 0.6 is 15.9 Å². The van der Waals surface area contributed by atoms with E-state index in [0.29, 0.717) is 18.8 Å². The molecule has 3 nitrogen and oxygen atoms in total. The lowest BCUT2D eigenvalue weighted by Crippen LogP contribution is -2.35. The van der Waals surface area contributed by atoms with E-state index < -0.39 is 6.04 Å². The first kappa shape index (κ1) is 14.7. The Hall–Kier alpha value is -1.34. The van der Waals surface area contributed by atoms with E-state index in [1.807, 2.05) is 38.1 Å². The van der Waals surface area contributed by atoms with Crippen molar-refractivity contribution in [2.24, 2.45) is 5.92 Å². The SMILES string of the molecule is CC(C)CC(C#N)NC(=O)Cc1ccc(Br)cc1. The molecule has 0 radical (unpaired) electrons. The Morgan fingerprint density at radius 3 is 2.50 bits per heavy atom. The number of hydrogen-bond donors (Lipinski definition) is 1. The van der Waals surface area contributed by atoms with Gasteiger partial charge >= 0.3 is 0 Å². The lowest BCUT2D eigenvalue weighted by atomic mass is 10.0. The first-order valence-electron chi connectivity index (χ1n) is 5.94. The molecular formula is C14H17BrN2O. The number of halogens is 1. The zero-order chi connectivity index (χ0) is 13.5. The molecule has 1 atom stereocenters. The van der Waals surface area contributed by atoms with Crippen molar-refractivity contribution in [2.75, 3.05) is 0 Å². The third-order valence-electron chi connectivity index (χ3n) is 2.48. The molecule has 0 saturated carbocycles. The second kappa shape index (κ2) is 7.17. The number of benzene rings is 1. The molecule has 96 valence electrons. The van der Waals surface area contributed by atoms with Crippen LogP contribution in [0.1, 0.15) is 25.8 Å². The van der Waals surface area contributed by atoms with Crippen LogP contribution in [0.2, 0.25) is 0 Å². The normalized spacial score (nSPS) is 11.9. The average Bonchev–Trinajstić information content (AvgIpc) is 2.30. The summed E-state index contributed by atoms with van der Waals surface area (Å²) < 4.78 is 0.987. The van der Waals surface area contributed by atoms with Gasteiger partial charge in [-0.3, -0.25) is 4.79 Å². The third-order valence-corrected chi connectivity index (χ3v) is 3.00. The largest absolute Gasteiger partial charge is 0.340 e. The standard InChI is InChI=1S/C14H17BrN2O/c1-10(2)7-13(9-16)17-14(18)8-11-3-5-12(15)6-4-11/h3-6,10,13H,7-8H2,1-2H3,(H,17,18). The maximum absolute atomic E-state index is 11.8. The molecule has 0 heterocycles. The Kier molecular flexibility index (Phi) is 5.87. The Bertz CT molecular complexity index is 434. The number of hydrogen-bond acceptors (Lipinski definition) is 2. The molecule has 1 aromatic carbocycles. The van der Waals surface area contributed by atoms with E-state index in [4.69, 9.17) is 5.26 Å². The Morgan fingerprint density at radius 1 is 1.39 bits per heavy atom. The molecule has 18 heavy (non-hydrogen) atoms. The summed E-state index contributed by atoms with van der Waals surface area (Å²) in [5.74, 6) is 0.284. The van der Waals surface area contributed by atoms with Crippen molar-refractivity contribution in [3.63, 3.8) is 0 Å². The third kappa shape index (κ3) is 5.33. The Labute approximate surface area is 116 Å². The molecule has 0 aliphatic carbocycles. The summed E-state index contributed by atoms with van der Waals surface area (Å²) in [6.07, 6.45) is 0.992. The molecule has 0 aromatic heterocycles. The number of nitriles is 1. The van der Waals surface area contributed by atoms with Crippen molar-refractivity contribution in [3.8, 4) is 6.07 Å². The van der Waals surface area contributed by atoms with Crippen LogP contribution in [0.15, 0.2) is 28.7 Å². The predicted molar refractivity (Wildman–Crippen MR) is 74.8 cm³/mol. The van der Waals surface area contributed by atoms with Crippen LogP contribution in [0.25, 0.3) is 0 Å². The van der Waals surface area contributed by atoms with Crippen molar-refractivity contribution < 1.29 is 4.79 Å². The number of nitrogens with zero attached hydrogens (tertiary/aromatic N) is 1. The number of rotatable bonds is 5. The van der Waals surface area contributed by atoms with Gasteiger partial charge in [-0.25, -0.2) is 0 Å². The smallest absolute Gasteiger partial charge is 0.225 e. The summed E-state index contributed by atoms with van der Waals surface area (Å²) in [6.45, 7) is 4.07. The topological polar surface area (TPSA) is 52.9 Å². The fourth-order valence-electron chi connectivity index (χ4n) is 1.65. The van der Waals surface area contributed by atoms with Gasteiger partial charge in [0.15, 0.2) is 0 Å². The summed E-state index contributed by atoms with van der Waals surface area (Å²) in [5.41, 5.74) is 0.942. The van der Waals surface area contributed by atoms with E-state index in [0.717, 1.165) is 10.0 Å². The van der Waals surface area contributed by atoms with E-state index >= 15 is 0 Å². The van der Waals surface area contributed by atoms with E-state index in [1.165, 1.54) is 0 Å². The quantitative estimate of drug-likeness (QED) is 0.909. The molecule has 0 fully saturated rings. The van der Waals surface area contributed by atoms with Gasteiger partial charge in [0.05, 0.1) is 12.5 Å². The molecule has 1 unspecified atom stereocenters. The van der Waals surface area contributed by atoms with E-state index in [2.05, 4.69) is 27.3 Å². The van der Waals surface area contributed by atoms with Gasteiger partial charge < -0.3 is 5.32 Å². The van der Waals surface area contributed by atoms with Crippen LogP contribution in [-0.4, -0.2) is 11.9 Å². The zero-order valence-electron chi connectivity index (χ0n) is 10.6. The molecule has 0 saturated heterocycles. The summed E-state index contributed by atoms with van der Waals surface area (Å²) in [7, 11) is 0. The fraction of sp³-hybridized carbons (Fsp3) is 0.429. The van der Waals surface area contributed by atoms with Crippen molar-refractivity contribution >= 4 is 21.8 Å². The molecule has 1 aromatic rings. The van der Waals surface area contributed by atoms with Gasteiger partial charge in [0.1, 0.15) is 6.04 Å². The van der Waals surface area contributed by atoms with Gasteiger partial charge in [-0.2, -0.15) is 5.26 Å². The van der Waals surface area contributed by atoms with E-state index in [-0.39, 0.29) is 5.91 Å². The minimum Gasteiger partial charge on any atom is -0.340 e. The van der Waals surface area contributed by atoms with Crippen LogP contribution in [0, 0.1) is 17.2 Å². The van der Waals surface area contributed by atoms with Crippen LogP contribution in [0.4, 0.5) is 0 Å². The number of amides is 1. The second-order valence-electron chi connectivity index (χ2n) is 4.68. The number of carbonyl (C=O) groups is 1. The Morgan fingerprint density at radius 2 is 2.00 bits per heavy atom.